The van der Waals surface area contributed by atoms with Crippen molar-refractivity contribution in [3.8, 4) is 0 Å². The molecule has 0 radical (unpaired) electrons. The highest BCUT2D eigenvalue weighted by molar-refractivity contribution is 5.77. The molecular formula is C24H33NO5. The summed E-state index contributed by atoms with van der Waals surface area (Å²) in [6.07, 6.45) is 7.58. The Bertz CT molecular complexity index is 717. The van der Waals surface area contributed by atoms with E-state index in [1.165, 1.54) is 7.11 Å². The van der Waals surface area contributed by atoms with Crippen LogP contribution in [0.3, 0.4) is 0 Å². The summed E-state index contributed by atoms with van der Waals surface area (Å²) < 4.78 is 16.8. The van der Waals surface area contributed by atoms with Crippen LogP contribution in [-0.2, 0) is 25.6 Å². The molecule has 1 saturated heterocycles. The number of carbonyl (C=O) groups is 2. The van der Waals surface area contributed by atoms with E-state index < -0.39 is 0 Å². The van der Waals surface area contributed by atoms with Crippen LogP contribution in [0.25, 0.3) is 0 Å². The average molecular weight is 416 g/mol. The van der Waals surface area contributed by atoms with Crippen LogP contribution in [-0.4, -0.2) is 49.9 Å². The molecule has 1 amide bonds. The van der Waals surface area contributed by atoms with Gasteiger partial charge in [-0.15, -0.1) is 0 Å². The van der Waals surface area contributed by atoms with Gasteiger partial charge in [-0.1, -0.05) is 30.3 Å². The molecule has 0 N–H and O–H groups in total. The van der Waals surface area contributed by atoms with Crippen LogP contribution in [0.2, 0.25) is 0 Å². The van der Waals surface area contributed by atoms with Crippen molar-refractivity contribution in [2.24, 2.45) is 10.8 Å². The standard InChI is InChI=1S/C24H33NO5/c1-28-21(26)24-12-9-23(10-13-24,11-14-24)18-30-20-7-15-25(16-8-20)22(27)29-17-19-5-3-2-4-6-19/h2-6,20H,7-18H2,1H3. The summed E-state index contributed by atoms with van der Waals surface area (Å²) in [6, 6.07) is 9.75. The number of methoxy groups -OCH3 is 1. The number of piperidine rings is 1. The Morgan fingerprint density at radius 2 is 1.63 bits per heavy atom. The van der Waals surface area contributed by atoms with E-state index in [0.29, 0.717) is 19.7 Å². The first-order valence-electron chi connectivity index (χ1n) is 11.2. The van der Waals surface area contributed by atoms with E-state index in [1.54, 1.807) is 4.90 Å². The van der Waals surface area contributed by atoms with Crippen LogP contribution >= 0.6 is 0 Å². The van der Waals surface area contributed by atoms with Gasteiger partial charge in [-0.2, -0.15) is 0 Å². The number of hydrogen-bond donors (Lipinski definition) is 0. The van der Waals surface area contributed by atoms with Crippen LogP contribution < -0.4 is 0 Å². The first-order chi connectivity index (χ1) is 14.5. The zero-order chi connectivity index (χ0) is 21.0. The summed E-state index contributed by atoms with van der Waals surface area (Å²) in [6.45, 7) is 2.44. The first-order valence-corrected chi connectivity index (χ1v) is 11.2. The van der Waals surface area contributed by atoms with Gasteiger partial charge in [0.25, 0.3) is 0 Å². The van der Waals surface area contributed by atoms with Crippen molar-refractivity contribution in [1.82, 2.24) is 4.90 Å². The van der Waals surface area contributed by atoms with E-state index >= 15 is 0 Å². The monoisotopic (exact) mass is 415 g/mol. The molecule has 0 aromatic heterocycles. The van der Waals surface area contributed by atoms with Crippen molar-refractivity contribution in [2.45, 2.75) is 64.1 Å². The quantitative estimate of drug-likeness (QED) is 0.648. The van der Waals surface area contributed by atoms with E-state index in [2.05, 4.69) is 0 Å². The fourth-order valence-electron chi connectivity index (χ4n) is 5.31. The van der Waals surface area contributed by atoms with Crippen LogP contribution in [0.15, 0.2) is 30.3 Å². The summed E-state index contributed by atoms with van der Waals surface area (Å²) in [5, 5.41) is 0. The van der Waals surface area contributed by atoms with Gasteiger partial charge in [-0.3, -0.25) is 4.79 Å². The van der Waals surface area contributed by atoms with E-state index in [1.807, 2.05) is 30.3 Å². The van der Waals surface area contributed by atoms with E-state index in [4.69, 9.17) is 14.2 Å². The van der Waals surface area contributed by atoms with Crippen molar-refractivity contribution < 1.29 is 23.8 Å². The Labute approximate surface area is 178 Å². The summed E-state index contributed by atoms with van der Waals surface area (Å²) >= 11 is 0. The number of amides is 1. The molecule has 4 fully saturated rings. The third-order valence-electron chi connectivity index (χ3n) is 7.55. The molecule has 30 heavy (non-hydrogen) atoms. The molecule has 164 valence electrons. The third kappa shape index (κ3) is 4.48. The molecule has 1 heterocycles. The number of fused-ring (bicyclic) bond motifs is 3. The highest BCUT2D eigenvalue weighted by Gasteiger charge is 2.53. The molecule has 2 bridgehead atoms. The van der Waals surface area contributed by atoms with Crippen molar-refractivity contribution in [3.63, 3.8) is 0 Å². The lowest BCUT2D eigenvalue weighted by molar-refractivity contribution is -0.166. The van der Waals surface area contributed by atoms with E-state index in [9.17, 15) is 9.59 Å². The van der Waals surface area contributed by atoms with Crippen LogP contribution in [0, 0.1) is 10.8 Å². The Morgan fingerprint density at radius 1 is 1.00 bits per heavy atom. The molecule has 5 rings (SSSR count). The number of nitrogens with zero attached hydrogens (tertiary/aromatic N) is 1. The fraction of sp³-hybridized carbons (Fsp3) is 0.667. The first kappa shape index (κ1) is 21.2. The molecule has 0 unspecified atom stereocenters. The molecule has 3 saturated carbocycles. The van der Waals surface area contributed by atoms with E-state index in [-0.39, 0.29) is 29.0 Å². The number of esters is 1. The minimum absolute atomic E-state index is 0.0248. The highest BCUT2D eigenvalue weighted by atomic mass is 16.6. The van der Waals surface area contributed by atoms with Gasteiger partial charge in [0.1, 0.15) is 6.61 Å². The normalized spacial score (nSPS) is 28.9. The second kappa shape index (κ2) is 8.96. The molecule has 1 aliphatic heterocycles. The summed E-state index contributed by atoms with van der Waals surface area (Å²) in [4.78, 5) is 26.3. The lowest BCUT2D eigenvalue weighted by atomic mass is 9.54. The summed E-state index contributed by atoms with van der Waals surface area (Å²) in [7, 11) is 1.50. The second-order valence-corrected chi connectivity index (χ2v) is 9.31. The number of carbonyl (C=O) groups excluding carboxylic acids is 2. The smallest absolute Gasteiger partial charge is 0.410 e. The maximum atomic E-state index is 12.3. The lowest BCUT2D eigenvalue weighted by Crippen LogP contribution is -2.49. The largest absolute Gasteiger partial charge is 0.469 e. The predicted octanol–water partition coefficient (Wildman–Crippen LogP) is 4.32. The minimum Gasteiger partial charge on any atom is -0.469 e. The molecule has 0 spiro atoms. The predicted molar refractivity (Wildman–Crippen MR) is 112 cm³/mol. The van der Waals surface area contributed by atoms with Crippen molar-refractivity contribution >= 4 is 12.1 Å². The topological polar surface area (TPSA) is 65.1 Å². The molecule has 6 nitrogen and oxygen atoms in total. The van der Waals surface area contributed by atoms with Gasteiger partial charge in [0.15, 0.2) is 0 Å². The minimum atomic E-state index is -0.241. The Kier molecular flexibility index (Phi) is 6.32. The van der Waals surface area contributed by atoms with Gasteiger partial charge in [-0.05, 0) is 62.3 Å². The van der Waals surface area contributed by atoms with Crippen molar-refractivity contribution in [1.29, 1.82) is 0 Å². The number of hydrogen-bond acceptors (Lipinski definition) is 5. The Morgan fingerprint density at radius 3 is 2.23 bits per heavy atom. The number of likely N-dealkylation sites (tertiary alicyclic amines) is 1. The molecule has 3 aliphatic carbocycles. The zero-order valence-electron chi connectivity index (χ0n) is 17.9. The third-order valence-corrected chi connectivity index (χ3v) is 7.55. The van der Waals surface area contributed by atoms with Gasteiger partial charge in [-0.25, -0.2) is 4.79 Å². The maximum Gasteiger partial charge on any atom is 0.410 e. The van der Waals surface area contributed by atoms with Crippen LogP contribution in [0.5, 0.6) is 0 Å². The second-order valence-electron chi connectivity index (χ2n) is 9.31. The molecular weight excluding hydrogens is 382 g/mol. The van der Waals surface area contributed by atoms with Crippen LogP contribution in [0.1, 0.15) is 56.9 Å². The van der Waals surface area contributed by atoms with E-state index in [0.717, 1.165) is 63.5 Å². The summed E-state index contributed by atoms with van der Waals surface area (Å²) in [5.74, 6) is -0.0248. The average Bonchev–Trinajstić information content (AvgIpc) is 2.83. The molecule has 6 heteroatoms. The van der Waals surface area contributed by atoms with Gasteiger partial charge >= 0.3 is 12.1 Å². The number of benzene rings is 1. The lowest BCUT2D eigenvalue weighted by Gasteiger charge is -2.52. The fourth-order valence-corrected chi connectivity index (χ4v) is 5.31. The molecule has 1 aromatic rings. The molecule has 4 aliphatic rings. The van der Waals surface area contributed by atoms with Crippen molar-refractivity contribution in [3.05, 3.63) is 35.9 Å². The SMILES string of the molecule is COC(=O)C12CCC(COC3CCN(C(=O)OCc4ccccc4)CC3)(CC1)CC2. The maximum absolute atomic E-state index is 12.3. The Hall–Kier alpha value is -2.08. The zero-order valence-corrected chi connectivity index (χ0v) is 17.9. The van der Waals surface area contributed by atoms with Crippen molar-refractivity contribution in [2.75, 3.05) is 26.8 Å². The highest BCUT2D eigenvalue weighted by Crippen LogP contribution is 2.57. The van der Waals surface area contributed by atoms with Gasteiger partial charge in [0.05, 0.1) is 25.2 Å². The number of ether oxygens (including phenoxy) is 3. The van der Waals surface area contributed by atoms with Gasteiger partial charge in [0.2, 0.25) is 0 Å². The number of rotatable bonds is 6. The molecule has 0 atom stereocenters. The van der Waals surface area contributed by atoms with Crippen LogP contribution in [0.4, 0.5) is 4.79 Å². The molecule has 1 aromatic carbocycles. The van der Waals surface area contributed by atoms with Gasteiger partial charge in [0, 0.05) is 13.1 Å². The summed E-state index contributed by atoms with van der Waals surface area (Å²) in [5.41, 5.74) is 0.989. The Balaban J connectivity index is 1.18. The van der Waals surface area contributed by atoms with Gasteiger partial charge < -0.3 is 19.1 Å².